The van der Waals surface area contributed by atoms with E-state index in [-0.39, 0.29) is 0 Å². The molecule has 1 aliphatic heterocycles. The summed E-state index contributed by atoms with van der Waals surface area (Å²) in [5.74, 6) is 1.65. The van der Waals surface area contributed by atoms with Gasteiger partial charge in [0.1, 0.15) is 0 Å². The molecule has 1 aliphatic rings. The van der Waals surface area contributed by atoms with Crippen LogP contribution >= 0.6 is 12.6 Å². The van der Waals surface area contributed by atoms with E-state index in [1.54, 1.807) is 0 Å². The fraction of sp³-hybridized carbons (Fsp3) is 1.00. The predicted octanol–water partition coefficient (Wildman–Crippen LogP) is 2.05. The fourth-order valence-electron chi connectivity index (χ4n) is 1.97. The number of morpholine rings is 1. The van der Waals surface area contributed by atoms with Crippen molar-refractivity contribution < 1.29 is 4.74 Å². The highest BCUT2D eigenvalue weighted by Gasteiger charge is 2.25. The predicted molar refractivity (Wildman–Crippen MR) is 64.1 cm³/mol. The Hall–Kier alpha value is 0.270. The summed E-state index contributed by atoms with van der Waals surface area (Å²) in [5.41, 5.74) is 0. The van der Waals surface area contributed by atoms with Crippen molar-refractivity contribution in [1.29, 1.82) is 0 Å². The molecule has 1 heterocycles. The Morgan fingerprint density at radius 2 is 2.29 bits per heavy atom. The summed E-state index contributed by atoms with van der Waals surface area (Å²) >= 11 is 4.34. The first kappa shape index (κ1) is 12.3. The van der Waals surface area contributed by atoms with Gasteiger partial charge in [-0.3, -0.25) is 4.90 Å². The Balaban J connectivity index is 2.44. The lowest BCUT2D eigenvalue weighted by molar-refractivity contribution is -0.0590. The molecule has 1 rings (SSSR count). The standard InChI is InChI=1S/C11H23NOS/c1-4-11-7-13-10(3)6-12(11)5-9(2)8-14/h9-11,14H,4-8H2,1-3H3. The third-order valence-corrected chi connectivity index (χ3v) is 3.53. The molecule has 0 aromatic heterocycles. The van der Waals surface area contributed by atoms with E-state index in [0.717, 1.165) is 25.4 Å². The zero-order valence-electron chi connectivity index (χ0n) is 9.57. The number of hydrogen-bond donors (Lipinski definition) is 1. The van der Waals surface area contributed by atoms with E-state index in [2.05, 4.69) is 38.3 Å². The van der Waals surface area contributed by atoms with Crippen LogP contribution in [-0.2, 0) is 4.74 Å². The maximum Gasteiger partial charge on any atom is 0.0674 e. The minimum atomic E-state index is 0.393. The quantitative estimate of drug-likeness (QED) is 0.724. The first-order chi connectivity index (χ1) is 6.67. The van der Waals surface area contributed by atoms with Crippen molar-refractivity contribution in [2.24, 2.45) is 5.92 Å². The smallest absolute Gasteiger partial charge is 0.0674 e. The van der Waals surface area contributed by atoms with Crippen LogP contribution in [0.1, 0.15) is 27.2 Å². The van der Waals surface area contributed by atoms with E-state index in [9.17, 15) is 0 Å². The fourth-order valence-corrected chi connectivity index (χ4v) is 2.09. The second-order valence-electron chi connectivity index (χ2n) is 4.45. The number of rotatable bonds is 4. The normalized spacial score (nSPS) is 31.7. The molecule has 3 unspecified atom stereocenters. The minimum absolute atomic E-state index is 0.393. The van der Waals surface area contributed by atoms with Gasteiger partial charge in [-0.1, -0.05) is 13.8 Å². The van der Waals surface area contributed by atoms with Gasteiger partial charge in [-0.05, 0) is 25.0 Å². The number of nitrogens with zero attached hydrogens (tertiary/aromatic N) is 1. The molecule has 0 amide bonds. The van der Waals surface area contributed by atoms with Gasteiger partial charge in [0.15, 0.2) is 0 Å². The van der Waals surface area contributed by atoms with Crippen molar-refractivity contribution in [3.05, 3.63) is 0 Å². The van der Waals surface area contributed by atoms with Crippen LogP contribution in [0.25, 0.3) is 0 Å². The summed E-state index contributed by atoms with van der Waals surface area (Å²) in [4.78, 5) is 2.56. The van der Waals surface area contributed by atoms with Crippen molar-refractivity contribution in [3.8, 4) is 0 Å². The van der Waals surface area contributed by atoms with Crippen LogP contribution in [0.3, 0.4) is 0 Å². The molecule has 0 saturated carbocycles. The first-order valence-electron chi connectivity index (χ1n) is 5.63. The third kappa shape index (κ3) is 3.44. The molecule has 0 N–H and O–H groups in total. The summed E-state index contributed by atoms with van der Waals surface area (Å²) in [5, 5.41) is 0. The molecular formula is C11H23NOS. The van der Waals surface area contributed by atoms with E-state index in [1.165, 1.54) is 6.42 Å². The van der Waals surface area contributed by atoms with Crippen molar-refractivity contribution >= 4 is 12.6 Å². The topological polar surface area (TPSA) is 12.5 Å². The molecule has 0 aliphatic carbocycles. The molecular weight excluding hydrogens is 194 g/mol. The van der Waals surface area contributed by atoms with Gasteiger partial charge in [-0.25, -0.2) is 0 Å². The summed E-state index contributed by atoms with van der Waals surface area (Å²) in [7, 11) is 0. The lowest BCUT2D eigenvalue weighted by Crippen LogP contribution is -2.50. The van der Waals surface area contributed by atoms with E-state index >= 15 is 0 Å². The van der Waals surface area contributed by atoms with Gasteiger partial charge in [0.25, 0.3) is 0 Å². The Morgan fingerprint density at radius 3 is 2.86 bits per heavy atom. The SMILES string of the molecule is CCC1COC(C)CN1CC(C)CS. The molecule has 84 valence electrons. The maximum absolute atomic E-state index is 5.67. The summed E-state index contributed by atoms with van der Waals surface area (Å²) < 4.78 is 5.67. The molecule has 1 fully saturated rings. The molecule has 0 aromatic carbocycles. The van der Waals surface area contributed by atoms with Crippen molar-refractivity contribution in [3.63, 3.8) is 0 Å². The van der Waals surface area contributed by atoms with Crippen LogP contribution < -0.4 is 0 Å². The molecule has 14 heavy (non-hydrogen) atoms. The van der Waals surface area contributed by atoms with Gasteiger partial charge in [0.05, 0.1) is 12.7 Å². The average Bonchev–Trinajstić information content (AvgIpc) is 2.18. The molecule has 0 spiro atoms. The molecule has 2 nitrogen and oxygen atoms in total. The molecule has 3 heteroatoms. The minimum Gasteiger partial charge on any atom is -0.376 e. The molecule has 0 aromatic rings. The number of hydrogen-bond acceptors (Lipinski definition) is 3. The summed E-state index contributed by atoms with van der Waals surface area (Å²) in [6, 6.07) is 0.619. The van der Waals surface area contributed by atoms with Crippen LogP contribution in [0, 0.1) is 5.92 Å². The second kappa shape index (κ2) is 5.99. The van der Waals surface area contributed by atoms with Gasteiger partial charge >= 0.3 is 0 Å². The second-order valence-corrected chi connectivity index (χ2v) is 4.81. The average molecular weight is 217 g/mol. The Labute approximate surface area is 93.4 Å². The highest BCUT2D eigenvalue weighted by molar-refractivity contribution is 7.80. The van der Waals surface area contributed by atoms with Gasteiger partial charge < -0.3 is 4.74 Å². The van der Waals surface area contributed by atoms with E-state index < -0.39 is 0 Å². The molecule has 1 saturated heterocycles. The third-order valence-electron chi connectivity index (χ3n) is 2.91. The molecule has 0 bridgehead atoms. The lowest BCUT2D eigenvalue weighted by Gasteiger charge is -2.39. The molecule has 0 radical (unpaired) electrons. The molecule has 3 atom stereocenters. The first-order valence-corrected chi connectivity index (χ1v) is 6.27. The van der Waals surface area contributed by atoms with Crippen molar-refractivity contribution in [2.45, 2.75) is 39.3 Å². The largest absolute Gasteiger partial charge is 0.376 e. The Morgan fingerprint density at radius 1 is 1.57 bits per heavy atom. The highest BCUT2D eigenvalue weighted by Crippen LogP contribution is 2.16. The summed E-state index contributed by atoms with van der Waals surface area (Å²) in [6.45, 7) is 9.80. The van der Waals surface area contributed by atoms with Gasteiger partial charge in [0, 0.05) is 19.1 Å². The van der Waals surface area contributed by atoms with Crippen LogP contribution in [0.15, 0.2) is 0 Å². The zero-order valence-corrected chi connectivity index (χ0v) is 10.5. The summed E-state index contributed by atoms with van der Waals surface area (Å²) in [6.07, 6.45) is 1.58. The number of ether oxygens (including phenoxy) is 1. The van der Waals surface area contributed by atoms with Crippen molar-refractivity contribution in [2.75, 3.05) is 25.4 Å². The monoisotopic (exact) mass is 217 g/mol. The Kier molecular flexibility index (Phi) is 5.28. The highest BCUT2D eigenvalue weighted by atomic mass is 32.1. The van der Waals surface area contributed by atoms with Gasteiger partial charge in [-0.15, -0.1) is 0 Å². The van der Waals surface area contributed by atoms with Crippen molar-refractivity contribution in [1.82, 2.24) is 4.90 Å². The van der Waals surface area contributed by atoms with Crippen LogP contribution in [-0.4, -0.2) is 42.5 Å². The zero-order chi connectivity index (χ0) is 10.6. The van der Waals surface area contributed by atoms with E-state index in [1.807, 2.05) is 0 Å². The maximum atomic E-state index is 5.67. The number of thiol groups is 1. The van der Waals surface area contributed by atoms with Crippen LogP contribution in [0.5, 0.6) is 0 Å². The van der Waals surface area contributed by atoms with Crippen LogP contribution in [0.2, 0.25) is 0 Å². The lowest BCUT2D eigenvalue weighted by atomic mass is 10.1. The Bertz CT molecular complexity index is 165. The van der Waals surface area contributed by atoms with Crippen LogP contribution in [0.4, 0.5) is 0 Å². The van der Waals surface area contributed by atoms with E-state index in [4.69, 9.17) is 4.74 Å². The van der Waals surface area contributed by atoms with E-state index in [0.29, 0.717) is 18.1 Å². The van der Waals surface area contributed by atoms with Gasteiger partial charge in [-0.2, -0.15) is 12.6 Å². The van der Waals surface area contributed by atoms with Gasteiger partial charge in [0.2, 0.25) is 0 Å².